The van der Waals surface area contributed by atoms with Crippen LogP contribution in [0.3, 0.4) is 0 Å². The zero-order chi connectivity index (χ0) is 11.5. The molecule has 2 unspecified atom stereocenters. The Bertz CT molecular complexity index is 392. The third-order valence-corrected chi connectivity index (χ3v) is 2.89. The summed E-state index contributed by atoms with van der Waals surface area (Å²) in [7, 11) is 1.92. The van der Waals surface area contributed by atoms with Crippen LogP contribution in [0.2, 0.25) is 0 Å². The van der Waals surface area contributed by atoms with Gasteiger partial charge in [-0.2, -0.15) is 0 Å². The van der Waals surface area contributed by atoms with E-state index in [1.165, 1.54) is 6.07 Å². The number of likely N-dealkylation sites (N-methyl/N-ethyl adjacent to an activating group) is 1. The molecule has 1 aromatic rings. The maximum absolute atomic E-state index is 13.2. The zero-order valence-corrected chi connectivity index (χ0v) is 9.37. The van der Waals surface area contributed by atoms with Crippen LogP contribution in [-0.2, 0) is 0 Å². The molecular weight excluding hydrogens is 205 g/mol. The highest BCUT2D eigenvalue weighted by Gasteiger charge is 2.39. The molecule has 3 heteroatoms. The van der Waals surface area contributed by atoms with Crippen LogP contribution in [0.4, 0.5) is 4.39 Å². The van der Waals surface area contributed by atoms with Gasteiger partial charge in [0.15, 0.2) is 0 Å². The van der Waals surface area contributed by atoms with E-state index in [2.05, 4.69) is 11.9 Å². The fraction of sp³-hybridized carbons (Fsp3) is 0.385. The lowest BCUT2D eigenvalue weighted by atomic mass is 10.1. The quantitative estimate of drug-likeness (QED) is 0.771. The Hall–Kier alpha value is -1.35. The first kappa shape index (κ1) is 11.1. The molecule has 1 aliphatic carbocycles. The topological polar surface area (TPSA) is 21.3 Å². The van der Waals surface area contributed by atoms with E-state index < -0.39 is 0 Å². The van der Waals surface area contributed by atoms with E-state index in [0.29, 0.717) is 18.6 Å². The van der Waals surface area contributed by atoms with Crippen LogP contribution >= 0.6 is 0 Å². The monoisotopic (exact) mass is 221 g/mol. The fourth-order valence-electron chi connectivity index (χ4n) is 1.95. The SMILES string of the molecule is C=CCOc1ccc(F)cc1C1CC1NC. The van der Waals surface area contributed by atoms with Gasteiger partial charge in [-0.25, -0.2) is 4.39 Å². The minimum atomic E-state index is -0.206. The second kappa shape index (κ2) is 4.66. The molecule has 1 aromatic carbocycles. The van der Waals surface area contributed by atoms with Crippen LogP contribution < -0.4 is 10.1 Å². The first-order valence-corrected chi connectivity index (χ1v) is 5.46. The van der Waals surface area contributed by atoms with E-state index in [1.807, 2.05) is 7.05 Å². The van der Waals surface area contributed by atoms with Crippen molar-refractivity contribution in [2.75, 3.05) is 13.7 Å². The average molecular weight is 221 g/mol. The molecule has 2 atom stereocenters. The largest absolute Gasteiger partial charge is 0.489 e. The highest BCUT2D eigenvalue weighted by molar-refractivity contribution is 5.41. The Morgan fingerprint density at radius 3 is 3.06 bits per heavy atom. The highest BCUT2D eigenvalue weighted by Crippen LogP contribution is 2.44. The van der Waals surface area contributed by atoms with Crippen LogP contribution in [0.15, 0.2) is 30.9 Å². The van der Waals surface area contributed by atoms with Gasteiger partial charge in [0.1, 0.15) is 18.2 Å². The van der Waals surface area contributed by atoms with Crippen molar-refractivity contribution in [3.63, 3.8) is 0 Å². The molecule has 1 N–H and O–H groups in total. The maximum atomic E-state index is 13.2. The summed E-state index contributed by atoms with van der Waals surface area (Å²) < 4.78 is 18.7. The second-order valence-electron chi connectivity index (χ2n) is 4.02. The smallest absolute Gasteiger partial charge is 0.123 e. The van der Waals surface area contributed by atoms with Crippen molar-refractivity contribution in [1.82, 2.24) is 5.32 Å². The summed E-state index contributed by atoms with van der Waals surface area (Å²) in [4.78, 5) is 0. The van der Waals surface area contributed by atoms with E-state index in [1.54, 1.807) is 18.2 Å². The summed E-state index contributed by atoms with van der Waals surface area (Å²) in [5.41, 5.74) is 0.959. The first-order chi connectivity index (χ1) is 7.76. The molecule has 0 heterocycles. The van der Waals surface area contributed by atoms with Gasteiger partial charge >= 0.3 is 0 Å². The number of benzene rings is 1. The molecule has 0 radical (unpaired) electrons. The van der Waals surface area contributed by atoms with Crippen LogP contribution in [0.1, 0.15) is 17.9 Å². The van der Waals surface area contributed by atoms with E-state index in [-0.39, 0.29) is 5.82 Å². The number of hydrogen-bond acceptors (Lipinski definition) is 2. The van der Waals surface area contributed by atoms with E-state index in [9.17, 15) is 4.39 Å². The molecule has 0 aromatic heterocycles. The third kappa shape index (κ3) is 2.25. The van der Waals surface area contributed by atoms with Crippen molar-refractivity contribution < 1.29 is 9.13 Å². The van der Waals surface area contributed by atoms with Crippen molar-refractivity contribution in [3.8, 4) is 5.75 Å². The molecule has 0 spiro atoms. The Morgan fingerprint density at radius 1 is 1.62 bits per heavy atom. The van der Waals surface area contributed by atoms with Gasteiger partial charge in [0.25, 0.3) is 0 Å². The number of nitrogens with one attached hydrogen (secondary N) is 1. The minimum absolute atomic E-state index is 0.206. The van der Waals surface area contributed by atoms with Crippen molar-refractivity contribution in [2.45, 2.75) is 18.4 Å². The summed E-state index contributed by atoms with van der Waals surface area (Å²) in [5.74, 6) is 0.937. The molecule has 1 saturated carbocycles. The number of halogens is 1. The number of rotatable bonds is 5. The molecule has 2 nitrogen and oxygen atoms in total. The van der Waals surface area contributed by atoms with Crippen molar-refractivity contribution in [2.24, 2.45) is 0 Å². The summed E-state index contributed by atoms with van der Waals surface area (Å²) in [5, 5.41) is 3.19. The molecule has 86 valence electrons. The molecule has 0 aliphatic heterocycles. The fourth-order valence-corrected chi connectivity index (χ4v) is 1.95. The standard InChI is InChI=1S/C13H16FNO/c1-3-6-16-13-5-4-9(14)7-11(13)10-8-12(10)15-2/h3-5,7,10,12,15H,1,6,8H2,2H3. The lowest BCUT2D eigenvalue weighted by Crippen LogP contribution is -2.10. The van der Waals surface area contributed by atoms with Gasteiger partial charge in [0.05, 0.1) is 0 Å². The van der Waals surface area contributed by atoms with E-state index in [0.717, 1.165) is 17.7 Å². The van der Waals surface area contributed by atoms with Crippen molar-refractivity contribution in [1.29, 1.82) is 0 Å². The number of hydrogen-bond donors (Lipinski definition) is 1. The minimum Gasteiger partial charge on any atom is -0.489 e. The lowest BCUT2D eigenvalue weighted by molar-refractivity contribution is 0.358. The summed E-state index contributed by atoms with van der Waals surface area (Å²) in [6.45, 7) is 4.06. The number of ether oxygens (including phenoxy) is 1. The second-order valence-corrected chi connectivity index (χ2v) is 4.02. The summed E-state index contributed by atoms with van der Waals surface area (Å²) in [6.07, 6.45) is 2.74. The Labute approximate surface area is 95.1 Å². The van der Waals surface area contributed by atoms with Gasteiger partial charge < -0.3 is 10.1 Å². The average Bonchev–Trinajstić information content (AvgIpc) is 3.06. The molecular formula is C13H16FNO. The molecule has 1 aliphatic rings. The Morgan fingerprint density at radius 2 is 2.44 bits per heavy atom. The van der Waals surface area contributed by atoms with Crippen LogP contribution in [0.25, 0.3) is 0 Å². The van der Waals surface area contributed by atoms with Gasteiger partial charge in [-0.1, -0.05) is 12.7 Å². The Kier molecular flexibility index (Phi) is 3.25. The van der Waals surface area contributed by atoms with Gasteiger partial charge in [-0.15, -0.1) is 0 Å². The van der Waals surface area contributed by atoms with Crippen LogP contribution in [0.5, 0.6) is 5.75 Å². The van der Waals surface area contributed by atoms with Gasteiger partial charge in [-0.05, 0) is 31.7 Å². The van der Waals surface area contributed by atoms with Crippen molar-refractivity contribution in [3.05, 3.63) is 42.2 Å². The summed E-state index contributed by atoms with van der Waals surface area (Å²) in [6, 6.07) is 5.14. The predicted molar refractivity (Wildman–Crippen MR) is 62.3 cm³/mol. The highest BCUT2D eigenvalue weighted by atomic mass is 19.1. The van der Waals surface area contributed by atoms with E-state index >= 15 is 0 Å². The molecule has 0 saturated heterocycles. The van der Waals surface area contributed by atoms with Crippen LogP contribution in [-0.4, -0.2) is 19.7 Å². The molecule has 0 amide bonds. The first-order valence-electron chi connectivity index (χ1n) is 5.46. The molecule has 1 fully saturated rings. The Balaban J connectivity index is 2.19. The third-order valence-electron chi connectivity index (χ3n) is 2.89. The van der Waals surface area contributed by atoms with Crippen LogP contribution in [0, 0.1) is 5.82 Å². The van der Waals surface area contributed by atoms with Gasteiger partial charge in [-0.3, -0.25) is 0 Å². The summed E-state index contributed by atoms with van der Waals surface area (Å²) >= 11 is 0. The van der Waals surface area contributed by atoms with Crippen molar-refractivity contribution >= 4 is 0 Å². The maximum Gasteiger partial charge on any atom is 0.123 e. The zero-order valence-electron chi connectivity index (χ0n) is 9.37. The van der Waals surface area contributed by atoms with Gasteiger partial charge in [0, 0.05) is 17.5 Å². The molecule has 16 heavy (non-hydrogen) atoms. The normalized spacial score (nSPS) is 22.9. The molecule has 0 bridgehead atoms. The predicted octanol–water partition coefficient (Wildman–Crippen LogP) is 2.47. The lowest BCUT2D eigenvalue weighted by Gasteiger charge is -2.10. The van der Waals surface area contributed by atoms with Gasteiger partial charge in [0.2, 0.25) is 0 Å². The molecule has 2 rings (SSSR count). The van der Waals surface area contributed by atoms with E-state index in [4.69, 9.17) is 4.74 Å².